The third kappa shape index (κ3) is 2.70. The summed E-state index contributed by atoms with van der Waals surface area (Å²) in [6, 6.07) is 1.85. The fraction of sp³-hybridized carbons (Fsp3) is 0.429. The molecule has 0 spiro atoms. The van der Waals surface area contributed by atoms with Crippen LogP contribution in [0.5, 0.6) is 0 Å². The number of imidazole rings is 1. The van der Waals surface area contributed by atoms with Gasteiger partial charge in [-0.1, -0.05) is 13.8 Å². The van der Waals surface area contributed by atoms with Crippen LogP contribution in [0.25, 0.3) is 0 Å². The van der Waals surface area contributed by atoms with E-state index in [2.05, 4.69) is 4.98 Å². The molecule has 0 radical (unpaired) electrons. The van der Waals surface area contributed by atoms with E-state index in [1.54, 1.807) is 24.4 Å². The molecule has 5 nitrogen and oxygen atoms in total. The van der Waals surface area contributed by atoms with Crippen molar-refractivity contribution >= 4 is 5.91 Å². The summed E-state index contributed by atoms with van der Waals surface area (Å²) in [4.78, 5) is 18.2. The molecule has 0 aliphatic carbocycles. The van der Waals surface area contributed by atoms with Crippen LogP contribution < -0.4 is 0 Å². The lowest BCUT2D eigenvalue weighted by molar-refractivity contribution is 0.0747. The maximum Gasteiger partial charge on any atom is 0.289 e. The lowest BCUT2D eigenvalue weighted by Crippen LogP contribution is -2.28. The molecule has 0 saturated heterocycles. The molecular weight excluding hydrogens is 242 g/mol. The molecule has 5 heteroatoms. The zero-order valence-corrected chi connectivity index (χ0v) is 11.8. The van der Waals surface area contributed by atoms with Crippen molar-refractivity contribution in [3.63, 3.8) is 0 Å². The lowest BCUT2D eigenvalue weighted by Gasteiger charge is -2.16. The fourth-order valence-corrected chi connectivity index (χ4v) is 1.95. The number of aryl methyl sites for hydroxylation is 1. The van der Waals surface area contributed by atoms with Crippen LogP contribution in [-0.2, 0) is 13.6 Å². The third-order valence-corrected chi connectivity index (χ3v) is 3.16. The van der Waals surface area contributed by atoms with Crippen LogP contribution in [0, 0.1) is 0 Å². The van der Waals surface area contributed by atoms with E-state index in [4.69, 9.17) is 4.42 Å². The van der Waals surface area contributed by atoms with Crippen LogP contribution in [0.4, 0.5) is 0 Å². The zero-order valence-electron chi connectivity index (χ0n) is 11.8. The second kappa shape index (κ2) is 5.30. The van der Waals surface area contributed by atoms with Crippen LogP contribution in [0.3, 0.4) is 0 Å². The van der Waals surface area contributed by atoms with Gasteiger partial charge in [0.1, 0.15) is 5.82 Å². The van der Waals surface area contributed by atoms with Gasteiger partial charge in [-0.05, 0) is 12.0 Å². The molecule has 2 aromatic heterocycles. The van der Waals surface area contributed by atoms with Crippen molar-refractivity contribution in [1.29, 1.82) is 0 Å². The second-order valence-electron chi connectivity index (χ2n) is 4.98. The van der Waals surface area contributed by atoms with Gasteiger partial charge in [-0.3, -0.25) is 4.79 Å². The van der Waals surface area contributed by atoms with E-state index < -0.39 is 0 Å². The number of amides is 1. The van der Waals surface area contributed by atoms with E-state index in [1.165, 1.54) is 0 Å². The summed E-state index contributed by atoms with van der Waals surface area (Å²) in [7, 11) is 3.66. The molecule has 0 aliphatic rings. The van der Waals surface area contributed by atoms with Crippen molar-refractivity contribution in [3.8, 4) is 0 Å². The highest BCUT2D eigenvalue weighted by Crippen LogP contribution is 2.22. The summed E-state index contributed by atoms with van der Waals surface area (Å²) >= 11 is 0. The van der Waals surface area contributed by atoms with E-state index in [1.807, 2.05) is 37.7 Å². The minimum absolute atomic E-state index is 0.114. The van der Waals surface area contributed by atoms with Crippen LogP contribution in [-0.4, -0.2) is 27.4 Å². The molecule has 0 bridgehead atoms. The maximum absolute atomic E-state index is 12.4. The molecule has 2 rings (SSSR count). The summed E-state index contributed by atoms with van der Waals surface area (Å²) in [5.41, 5.74) is 0.941. The number of carbonyl (C=O) groups is 1. The Bertz CT molecular complexity index is 569. The highest BCUT2D eigenvalue weighted by Gasteiger charge is 2.21. The first-order valence-electron chi connectivity index (χ1n) is 6.29. The Morgan fingerprint density at radius 1 is 1.53 bits per heavy atom. The first-order chi connectivity index (χ1) is 9.00. The van der Waals surface area contributed by atoms with Crippen molar-refractivity contribution < 1.29 is 9.21 Å². The van der Waals surface area contributed by atoms with Gasteiger partial charge in [0.25, 0.3) is 5.91 Å². The quantitative estimate of drug-likeness (QED) is 0.849. The predicted molar refractivity (Wildman–Crippen MR) is 71.8 cm³/mol. The van der Waals surface area contributed by atoms with E-state index >= 15 is 0 Å². The predicted octanol–water partition coefficient (Wildman–Crippen LogP) is 2.41. The molecule has 0 unspecified atom stereocenters. The lowest BCUT2D eigenvalue weighted by atomic mass is 10.0. The topological polar surface area (TPSA) is 51.3 Å². The molecule has 0 aromatic carbocycles. The Kier molecular flexibility index (Phi) is 3.74. The van der Waals surface area contributed by atoms with Crippen LogP contribution >= 0.6 is 0 Å². The van der Waals surface area contributed by atoms with Gasteiger partial charge in [0.05, 0.1) is 12.8 Å². The molecule has 0 aliphatic heterocycles. The number of hydrogen-bond donors (Lipinski definition) is 0. The molecule has 102 valence electrons. The number of nitrogens with zero attached hydrogens (tertiary/aromatic N) is 3. The SMILES string of the molecule is CC(C)c1ccoc1C(=O)N(C)Cc1nccn1C. The summed E-state index contributed by atoms with van der Waals surface area (Å²) in [5, 5.41) is 0. The number of carbonyl (C=O) groups excluding carboxylic acids is 1. The standard InChI is InChI=1S/C14H19N3O2/c1-10(2)11-5-8-19-13(11)14(18)17(4)9-12-15-6-7-16(12)3/h5-8,10H,9H2,1-4H3. The monoisotopic (exact) mass is 261 g/mol. The molecule has 19 heavy (non-hydrogen) atoms. The van der Waals surface area contributed by atoms with E-state index in [0.717, 1.165) is 11.4 Å². The Labute approximate surface area is 112 Å². The number of aromatic nitrogens is 2. The Morgan fingerprint density at radius 2 is 2.26 bits per heavy atom. The average Bonchev–Trinajstić information content (AvgIpc) is 2.98. The highest BCUT2D eigenvalue weighted by atomic mass is 16.3. The van der Waals surface area contributed by atoms with Crippen LogP contribution in [0.1, 0.15) is 41.7 Å². The molecule has 2 aromatic rings. The largest absolute Gasteiger partial charge is 0.459 e. The van der Waals surface area contributed by atoms with Gasteiger partial charge in [-0.15, -0.1) is 0 Å². The van der Waals surface area contributed by atoms with Crippen molar-refractivity contribution in [2.45, 2.75) is 26.3 Å². The van der Waals surface area contributed by atoms with Crippen LogP contribution in [0.2, 0.25) is 0 Å². The van der Waals surface area contributed by atoms with E-state index in [-0.39, 0.29) is 11.8 Å². The Hall–Kier alpha value is -2.04. The Balaban J connectivity index is 2.15. The van der Waals surface area contributed by atoms with Crippen LogP contribution in [0.15, 0.2) is 29.1 Å². The summed E-state index contributed by atoms with van der Waals surface area (Å²) in [5.74, 6) is 1.41. The van der Waals surface area contributed by atoms with E-state index in [0.29, 0.717) is 12.3 Å². The van der Waals surface area contributed by atoms with Gasteiger partial charge in [-0.25, -0.2) is 4.98 Å². The first kappa shape index (κ1) is 13.4. The van der Waals surface area contributed by atoms with Gasteiger partial charge in [0.2, 0.25) is 0 Å². The summed E-state index contributed by atoms with van der Waals surface area (Å²) in [6.45, 7) is 4.54. The second-order valence-corrected chi connectivity index (χ2v) is 4.98. The summed E-state index contributed by atoms with van der Waals surface area (Å²) in [6.07, 6.45) is 5.15. The van der Waals surface area contributed by atoms with Crippen molar-refractivity contribution in [2.75, 3.05) is 7.05 Å². The zero-order chi connectivity index (χ0) is 14.0. The number of hydrogen-bond acceptors (Lipinski definition) is 3. The molecule has 0 atom stereocenters. The number of rotatable bonds is 4. The molecule has 0 saturated carbocycles. The average molecular weight is 261 g/mol. The third-order valence-electron chi connectivity index (χ3n) is 3.16. The molecular formula is C14H19N3O2. The minimum atomic E-state index is -0.114. The molecule has 0 fully saturated rings. The van der Waals surface area contributed by atoms with Crippen molar-refractivity contribution in [3.05, 3.63) is 41.9 Å². The smallest absolute Gasteiger partial charge is 0.289 e. The van der Waals surface area contributed by atoms with E-state index in [9.17, 15) is 4.79 Å². The molecule has 2 heterocycles. The van der Waals surface area contributed by atoms with Gasteiger partial charge in [0, 0.05) is 32.1 Å². The molecule has 1 amide bonds. The highest BCUT2D eigenvalue weighted by molar-refractivity contribution is 5.92. The first-order valence-corrected chi connectivity index (χ1v) is 6.29. The van der Waals surface area contributed by atoms with Gasteiger partial charge < -0.3 is 13.9 Å². The maximum atomic E-state index is 12.4. The van der Waals surface area contributed by atoms with Gasteiger partial charge in [-0.2, -0.15) is 0 Å². The fourth-order valence-electron chi connectivity index (χ4n) is 1.95. The summed E-state index contributed by atoms with van der Waals surface area (Å²) < 4.78 is 7.24. The van der Waals surface area contributed by atoms with Gasteiger partial charge >= 0.3 is 0 Å². The minimum Gasteiger partial charge on any atom is -0.459 e. The van der Waals surface area contributed by atoms with Crippen molar-refractivity contribution in [1.82, 2.24) is 14.5 Å². The Morgan fingerprint density at radius 3 is 2.84 bits per heavy atom. The normalized spacial score (nSPS) is 11.0. The van der Waals surface area contributed by atoms with Gasteiger partial charge in [0.15, 0.2) is 5.76 Å². The van der Waals surface area contributed by atoms with Crippen molar-refractivity contribution in [2.24, 2.45) is 7.05 Å². The molecule has 0 N–H and O–H groups in total. The number of furan rings is 1.